The lowest BCUT2D eigenvalue weighted by Gasteiger charge is -2.20. The van der Waals surface area contributed by atoms with Crippen molar-refractivity contribution < 1.29 is 0 Å². The number of anilines is 1. The molecule has 5 aromatic rings. The molecule has 4 heterocycles. The van der Waals surface area contributed by atoms with Crippen molar-refractivity contribution in [3.8, 4) is 11.1 Å². The Kier molecular flexibility index (Phi) is 4.73. The lowest BCUT2D eigenvalue weighted by atomic mass is 9.95. The average Bonchev–Trinajstić information content (AvgIpc) is 3.54. The second kappa shape index (κ2) is 7.78. The smallest absolute Gasteiger partial charge is 0.259 e. The zero-order chi connectivity index (χ0) is 22.5. The number of benzene rings is 1. The van der Waals surface area contributed by atoms with Crippen LogP contribution in [0.5, 0.6) is 0 Å². The summed E-state index contributed by atoms with van der Waals surface area (Å²) in [6, 6.07) is 14.2. The van der Waals surface area contributed by atoms with E-state index in [9.17, 15) is 4.79 Å². The third-order valence-corrected chi connectivity index (χ3v) is 7.24. The van der Waals surface area contributed by atoms with Gasteiger partial charge in [-0.05, 0) is 54.5 Å². The maximum Gasteiger partial charge on any atom is 0.259 e. The van der Waals surface area contributed by atoms with Gasteiger partial charge >= 0.3 is 0 Å². The molecule has 0 bridgehead atoms. The minimum Gasteiger partial charge on any atom is -0.384 e. The lowest BCUT2D eigenvalue weighted by molar-refractivity contribution is 0.603. The van der Waals surface area contributed by atoms with Crippen molar-refractivity contribution >= 4 is 38.1 Å². The van der Waals surface area contributed by atoms with Gasteiger partial charge < -0.3 is 10.3 Å². The molecule has 1 aromatic carbocycles. The van der Waals surface area contributed by atoms with Crippen molar-refractivity contribution in [2.45, 2.75) is 38.1 Å². The molecule has 0 unspecified atom stereocenters. The number of aromatic nitrogens is 4. The molecular weight excluding hydrogens is 430 g/mol. The van der Waals surface area contributed by atoms with Gasteiger partial charge in [-0.1, -0.05) is 25.1 Å². The van der Waals surface area contributed by atoms with Crippen LogP contribution in [-0.4, -0.2) is 19.5 Å². The number of nitrogens with two attached hydrogens (primary N) is 1. The largest absolute Gasteiger partial charge is 0.384 e. The zero-order valence-corrected chi connectivity index (χ0v) is 19.0. The van der Waals surface area contributed by atoms with Crippen molar-refractivity contribution in [1.29, 1.82) is 0 Å². The molecular formula is C26H23N5OS. The van der Waals surface area contributed by atoms with Crippen LogP contribution in [0.2, 0.25) is 0 Å². The van der Waals surface area contributed by atoms with Gasteiger partial charge in [0.1, 0.15) is 11.3 Å². The van der Waals surface area contributed by atoms with Gasteiger partial charge in [0.05, 0.1) is 21.3 Å². The van der Waals surface area contributed by atoms with Gasteiger partial charge in [0.15, 0.2) is 0 Å². The summed E-state index contributed by atoms with van der Waals surface area (Å²) in [5, 5.41) is 1.69. The van der Waals surface area contributed by atoms with E-state index in [0.29, 0.717) is 5.82 Å². The first kappa shape index (κ1) is 20.1. The highest BCUT2D eigenvalue weighted by atomic mass is 32.1. The summed E-state index contributed by atoms with van der Waals surface area (Å²) in [4.78, 5) is 27.3. The van der Waals surface area contributed by atoms with E-state index in [4.69, 9.17) is 5.73 Å². The Morgan fingerprint density at radius 3 is 2.82 bits per heavy atom. The van der Waals surface area contributed by atoms with Gasteiger partial charge in [0, 0.05) is 35.6 Å². The van der Waals surface area contributed by atoms with Crippen LogP contribution in [-0.2, 0) is 6.42 Å². The first-order valence-electron chi connectivity index (χ1n) is 11.2. The fourth-order valence-corrected chi connectivity index (χ4v) is 5.37. The molecule has 6 rings (SSSR count). The molecule has 0 amide bonds. The van der Waals surface area contributed by atoms with Gasteiger partial charge in [-0.3, -0.25) is 9.78 Å². The van der Waals surface area contributed by atoms with Gasteiger partial charge in [-0.15, -0.1) is 11.3 Å². The zero-order valence-electron chi connectivity index (χ0n) is 18.2. The van der Waals surface area contributed by atoms with E-state index in [-0.39, 0.29) is 17.5 Å². The number of nitrogens with zero attached hydrogens (tertiary/aromatic N) is 4. The third kappa shape index (κ3) is 3.49. The minimum atomic E-state index is 0.0732. The number of fused-ring (bicyclic) bond motifs is 2. The molecule has 7 heteroatoms. The number of pyridine rings is 3. The number of thiazole rings is 1. The van der Waals surface area contributed by atoms with Crippen LogP contribution in [0.4, 0.5) is 5.82 Å². The summed E-state index contributed by atoms with van der Waals surface area (Å²) in [5.74, 6) is 0.596. The van der Waals surface area contributed by atoms with Crippen molar-refractivity contribution in [2.75, 3.05) is 5.73 Å². The molecule has 4 aromatic heterocycles. The number of nitrogen functional groups attached to an aromatic ring is 1. The fraction of sp³-hybridized carbons (Fsp3) is 0.231. The maximum atomic E-state index is 13.9. The fourth-order valence-electron chi connectivity index (χ4n) is 4.68. The quantitative estimate of drug-likeness (QED) is 0.389. The highest BCUT2D eigenvalue weighted by Gasteiger charge is 2.30. The molecule has 1 saturated carbocycles. The van der Waals surface area contributed by atoms with Gasteiger partial charge in [-0.25, -0.2) is 9.97 Å². The first-order chi connectivity index (χ1) is 16.1. The molecule has 33 heavy (non-hydrogen) atoms. The van der Waals surface area contributed by atoms with Crippen molar-refractivity contribution in [2.24, 2.45) is 0 Å². The predicted octanol–water partition coefficient (Wildman–Crippen LogP) is 5.33. The SMILES string of the molecule is C[C@H](Cc1nccc2scnc12)c1cc2cccc(-c3ccc(N)nc3)c2c(=O)n1C1CC1. The average molecular weight is 454 g/mol. The number of hydrogen-bond acceptors (Lipinski definition) is 6. The van der Waals surface area contributed by atoms with Crippen LogP contribution in [0, 0.1) is 0 Å². The normalized spacial score (nSPS) is 14.7. The molecule has 0 aliphatic heterocycles. The maximum absolute atomic E-state index is 13.9. The Morgan fingerprint density at radius 1 is 1.15 bits per heavy atom. The second-order valence-electron chi connectivity index (χ2n) is 8.78. The lowest BCUT2D eigenvalue weighted by Crippen LogP contribution is -2.25. The predicted molar refractivity (Wildman–Crippen MR) is 134 cm³/mol. The molecule has 2 N–H and O–H groups in total. The summed E-state index contributed by atoms with van der Waals surface area (Å²) in [6.45, 7) is 2.18. The Balaban J connectivity index is 1.50. The number of hydrogen-bond donors (Lipinski definition) is 1. The van der Waals surface area contributed by atoms with Crippen LogP contribution in [0.25, 0.3) is 32.1 Å². The summed E-state index contributed by atoms with van der Waals surface area (Å²) in [5.41, 5.74) is 12.5. The van der Waals surface area contributed by atoms with Gasteiger partial charge in [-0.2, -0.15) is 0 Å². The molecule has 0 spiro atoms. The standard InChI is InChI=1S/C26H23N5OS/c1-15(11-20-25-22(9-10-28-20)33-14-30-25)21-12-16-3-2-4-19(17-5-8-23(27)29-13-17)24(16)26(32)31(21)18-6-7-18/h2-5,8-10,12-15,18H,6-7,11H2,1H3,(H2,27,29)/t15-/m1/s1. The van der Waals surface area contributed by atoms with Crippen LogP contribution < -0.4 is 11.3 Å². The summed E-state index contributed by atoms with van der Waals surface area (Å²) < 4.78 is 3.18. The Hall–Kier alpha value is -3.58. The van der Waals surface area contributed by atoms with E-state index >= 15 is 0 Å². The molecule has 0 saturated heterocycles. The molecule has 1 atom stereocenters. The third-order valence-electron chi connectivity index (χ3n) is 6.45. The highest BCUT2D eigenvalue weighted by molar-refractivity contribution is 7.16. The Labute approximate surface area is 194 Å². The minimum absolute atomic E-state index is 0.0732. The monoisotopic (exact) mass is 453 g/mol. The molecule has 1 aliphatic carbocycles. The van der Waals surface area contributed by atoms with Crippen molar-refractivity contribution in [1.82, 2.24) is 19.5 Å². The Morgan fingerprint density at radius 2 is 2.03 bits per heavy atom. The second-order valence-corrected chi connectivity index (χ2v) is 9.67. The van der Waals surface area contributed by atoms with E-state index < -0.39 is 0 Å². The molecule has 6 nitrogen and oxygen atoms in total. The first-order valence-corrected chi connectivity index (χ1v) is 12.1. The molecule has 1 aliphatic rings. The van der Waals surface area contributed by atoms with Crippen LogP contribution in [0.3, 0.4) is 0 Å². The van der Waals surface area contributed by atoms with E-state index in [1.165, 1.54) is 0 Å². The topological polar surface area (TPSA) is 86.7 Å². The Bertz CT molecular complexity index is 1550. The van der Waals surface area contributed by atoms with Crippen molar-refractivity contribution in [3.63, 3.8) is 0 Å². The van der Waals surface area contributed by atoms with E-state index in [1.807, 2.05) is 46.6 Å². The number of rotatable bonds is 5. The highest BCUT2D eigenvalue weighted by Crippen LogP contribution is 2.39. The van der Waals surface area contributed by atoms with Gasteiger partial charge in [0.2, 0.25) is 0 Å². The summed E-state index contributed by atoms with van der Waals surface area (Å²) >= 11 is 1.63. The van der Waals surface area contributed by atoms with Crippen LogP contribution >= 0.6 is 11.3 Å². The van der Waals surface area contributed by atoms with Crippen LogP contribution in [0.1, 0.15) is 43.1 Å². The summed E-state index contributed by atoms with van der Waals surface area (Å²) in [7, 11) is 0. The van der Waals surface area contributed by atoms with Gasteiger partial charge in [0.25, 0.3) is 5.56 Å². The van der Waals surface area contributed by atoms with Crippen LogP contribution in [0.15, 0.2) is 65.2 Å². The molecule has 0 radical (unpaired) electrons. The van der Waals surface area contributed by atoms with Crippen molar-refractivity contribution in [3.05, 3.63) is 82.1 Å². The summed E-state index contributed by atoms with van der Waals surface area (Å²) in [6.07, 6.45) is 6.40. The molecule has 164 valence electrons. The van der Waals surface area contributed by atoms with E-state index in [1.54, 1.807) is 23.6 Å². The van der Waals surface area contributed by atoms with E-state index in [0.717, 1.165) is 62.8 Å². The molecule has 1 fully saturated rings. The van der Waals surface area contributed by atoms with E-state index in [2.05, 4.69) is 27.9 Å².